The molecule has 2 heterocycles. The van der Waals surface area contributed by atoms with Crippen LogP contribution in [-0.4, -0.2) is 9.97 Å². The lowest BCUT2D eigenvalue weighted by molar-refractivity contribution is 1.39. The van der Waals surface area contributed by atoms with Crippen molar-refractivity contribution in [1.29, 1.82) is 0 Å². The molecule has 0 spiro atoms. The molecule has 2 rings (SSSR count). The Balaban J connectivity index is 2.99. The Morgan fingerprint density at radius 1 is 1.33 bits per heavy atom. The molecule has 2 heteroatoms. The fraction of sp³-hybridized carbons (Fsp3) is 0.143. The van der Waals surface area contributed by atoms with Crippen LogP contribution in [0.3, 0.4) is 0 Å². The molecule has 0 saturated heterocycles. The molecule has 2 aromatic rings. The predicted molar refractivity (Wildman–Crippen MR) is 37.4 cm³/mol. The maximum Gasteiger partial charge on any atom is 0.0663 e. The smallest absolute Gasteiger partial charge is 0.0663 e. The van der Waals surface area contributed by atoms with Crippen LogP contribution in [0.4, 0.5) is 0 Å². The first-order valence-corrected chi connectivity index (χ1v) is 2.99. The molecule has 9 heavy (non-hydrogen) atoms. The van der Waals surface area contributed by atoms with E-state index in [0.29, 0.717) is 0 Å². The fourth-order valence-corrected chi connectivity index (χ4v) is 1.07. The lowest BCUT2D eigenvalue weighted by Gasteiger charge is -1.77. The number of fused-ring (bicyclic) bond motifs is 1. The zero-order valence-electron chi connectivity index (χ0n) is 5.23. The van der Waals surface area contributed by atoms with Crippen LogP contribution in [0.2, 0.25) is 0 Å². The van der Waals surface area contributed by atoms with Gasteiger partial charge in [0.15, 0.2) is 0 Å². The Morgan fingerprint density at radius 2 is 2.22 bits per heavy atom. The van der Waals surface area contributed by atoms with Crippen molar-refractivity contribution in [3.8, 4) is 0 Å². The van der Waals surface area contributed by atoms with E-state index in [-0.39, 0.29) is 0 Å². The highest BCUT2D eigenvalue weighted by Crippen LogP contribution is 2.13. The molecule has 0 aliphatic rings. The summed E-state index contributed by atoms with van der Waals surface area (Å²) in [5, 5.41) is 0. The van der Waals surface area contributed by atoms with Gasteiger partial charge in [0.2, 0.25) is 0 Å². The van der Waals surface area contributed by atoms with Gasteiger partial charge in [0.05, 0.1) is 11.0 Å². The van der Waals surface area contributed by atoms with E-state index in [0.717, 1.165) is 0 Å². The second-order valence-electron chi connectivity index (χ2n) is 2.24. The van der Waals surface area contributed by atoms with Crippen LogP contribution in [-0.2, 0) is 0 Å². The quantitative estimate of drug-likeness (QED) is 0.531. The number of hydrogen-bond donors (Lipinski definition) is 2. The molecule has 2 N–H and O–H groups in total. The van der Waals surface area contributed by atoms with E-state index in [1.54, 1.807) is 0 Å². The molecule has 2 aromatic heterocycles. The molecular weight excluding hydrogens is 112 g/mol. The third-order valence-electron chi connectivity index (χ3n) is 1.59. The normalized spacial score (nSPS) is 10.8. The Bertz CT molecular complexity index is 316. The van der Waals surface area contributed by atoms with Gasteiger partial charge in [0.1, 0.15) is 0 Å². The summed E-state index contributed by atoms with van der Waals surface area (Å²) in [6.07, 6.45) is 3.94. The monoisotopic (exact) mass is 120 g/mol. The van der Waals surface area contributed by atoms with Crippen LogP contribution in [0.1, 0.15) is 5.56 Å². The van der Waals surface area contributed by atoms with Crippen molar-refractivity contribution in [2.75, 3.05) is 0 Å². The van der Waals surface area contributed by atoms with Crippen LogP contribution < -0.4 is 0 Å². The van der Waals surface area contributed by atoms with Crippen molar-refractivity contribution in [3.05, 3.63) is 24.0 Å². The number of nitrogens with one attached hydrogen (secondary N) is 2. The summed E-state index contributed by atoms with van der Waals surface area (Å²) in [7, 11) is 0. The van der Waals surface area contributed by atoms with E-state index in [1.807, 2.05) is 18.5 Å². The van der Waals surface area contributed by atoms with E-state index in [9.17, 15) is 0 Å². The molecule has 0 radical (unpaired) electrons. The summed E-state index contributed by atoms with van der Waals surface area (Å²) in [5.41, 5.74) is 3.68. The predicted octanol–water partition coefficient (Wildman–Crippen LogP) is 1.80. The molecule has 46 valence electrons. The standard InChI is InChI=1S/C7H8N2/c1-5-4-9-6-2-3-8-7(5)6/h2-4,8-9H,1H3. The van der Waals surface area contributed by atoms with E-state index in [1.165, 1.54) is 16.6 Å². The highest BCUT2D eigenvalue weighted by molar-refractivity contribution is 5.78. The minimum absolute atomic E-state index is 1.19. The van der Waals surface area contributed by atoms with E-state index < -0.39 is 0 Å². The zero-order valence-corrected chi connectivity index (χ0v) is 5.23. The molecule has 0 aromatic carbocycles. The molecule has 0 atom stereocenters. The first-order valence-electron chi connectivity index (χ1n) is 2.99. The molecular formula is C7H8N2. The average molecular weight is 120 g/mol. The topological polar surface area (TPSA) is 31.6 Å². The molecule has 0 saturated carbocycles. The molecule has 0 aliphatic heterocycles. The number of aryl methyl sites for hydroxylation is 1. The van der Waals surface area contributed by atoms with Crippen molar-refractivity contribution in [1.82, 2.24) is 9.97 Å². The van der Waals surface area contributed by atoms with Crippen LogP contribution in [0.15, 0.2) is 18.5 Å². The summed E-state index contributed by atoms with van der Waals surface area (Å²) >= 11 is 0. The Labute approximate surface area is 52.9 Å². The van der Waals surface area contributed by atoms with E-state index in [2.05, 4.69) is 16.9 Å². The van der Waals surface area contributed by atoms with Crippen molar-refractivity contribution in [2.24, 2.45) is 0 Å². The zero-order chi connectivity index (χ0) is 6.27. The molecule has 0 fully saturated rings. The first-order chi connectivity index (χ1) is 4.38. The third-order valence-corrected chi connectivity index (χ3v) is 1.59. The SMILES string of the molecule is Cc1c[nH]c2cc[nH]c12. The lowest BCUT2D eigenvalue weighted by Crippen LogP contribution is -1.62. The van der Waals surface area contributed by atoms with Crippen LogP contribution in [0, 0.1) is 6.92 Å². The van der Waals surface area contributed by atoms with Gasteiger partial charge in [-0.25, -0.2) is 0 Å². The van der Waals surface area contributed by atoms with Gasteiger partial charge < -0.3 is 9.97 Å². The van der Waals surface area contributed by atoms with Gasteiger partial charge >= 0.3 is 0 Å². The summed E-state index contributed by atoms with van der Waals surface area (Å²) in [5.74, 6) is 0. The third kappa shape index (κ3) is 0.499. The second-order valence-corrected chi connectivity index (χ2v) is 2.24. The first kappa shape index (κ1) is 4.68. The minimum atomic E-state index is 1.19. The highest BCUT2D eigenvalue weighted by Gasteiger charge is 1.96. The van der Waals surface area contributed by atoms with Gasteiger partial charge in [-0.15, -0.1) is 0 Å². The van der Waals surface area contributed by atoms with Gasteiger partial charge in [-0.1, -0.05) is 0 Å². The van der Waals surface area contributed by atoms with Gasteiger partial charge in [0, 0.05) is 12.4 Å². The summed E-state index contributed by atoms with van der Waals surface area (Å²) in [6.45, 7) is 2.08. The average Bonchev–Trinajstić information content (AvgIpc) is 2.35. The summed E-state index contributed by atoms with van der Waals surface area (Å²) < 4.78 is 0. The number of hydrogen-bond acceptors (Lipinski definition) is 0. The second kappa shape index (κ2) is 1.41. The lowest BCUT2D eigenvalue weighted by atomic mass is 10.3. The van der Waals surface area contributed by atoms with Crippen LogP contribution in [0.5, 0.6) is 0 Å². The van der Waals surface area contributed by atoms with Crippen molar-refractivity contribution < 1.29 is 0 Å². The van der Waals surface area contributed by atoms with Crippen LogP contribution >= 0.6 is 0 Å². The van der Waals surface area contributed by atoms with Crippen molar-refractivity contribution in [3.63, 3.8) is 0 Å². The summed E-state index contributed by atoms with van der Waals surface area (Å²) in [6, 6.07) is 2.03. The van der Waals surface area contributed by atoms with Gasteiger partial charge in [-0.05, 0) is 18.6 Å². The largest absolute Gasteiger partial charge is 0.360 e. The molecule has 0 bridgehead atoms. The molecule has 2 nitrogen and oxygen atoms in total. The number of aromatic nitrogens is 2. The van der Waals surface area contributed by atoms with E-state index in [4.69, 9.17) is 0 Å². The Kier molecular flexibility index (Phi) is 0.730. The van der Waals surface area contributed by atoms with Crippen LogP contribution in [0.25, 0.3) is 11.0 Å². The maximum absolute atomic E-state index is 3.14. The number of rotatable bonds is 0. The summed E-state index contributed by atoms with van der Waals surface area (Å²) in [4.78, 5) is 6.27. The maximum atomic E-state index is 3.14. The van der Waals surface area contributed by atoms with E-state index >= 15 is 0 Å². The molecule has 0 amide bonds. The van der Waals surface area contributed by atoms with Gasteiger partial charge in [-0.3, -0.25) is 0 Å². The highest BCUT2D eigenvalue weighted by atomic mass is 14.8. The Hall–Kier alpha value is -1.18. The van der Waals surface area contributed by atoms with Crippen molar-refractivity contribution >= 4 is 11.0 Å². The molecule has 0 unspecified atom stereocenters. The minimum Gasteiger partial charge on any atom is -0.360 e. The fourth-order valence-electron chi connectivity index (χ4n) is 1.07. The Morgan fingerprint density at radius 3 is 3.00 bits per heavy atom. The number of aromatic amines is 2. The van der Waals surface area contributed by atoms with Gasteiger partial charge in [0.25, 0.3) is 0 Å². The number of H-pyrrole nitrogens is 2. The molecule has 0 aliphatic carbocycles. The van der Waals surface area contributed by atoms with Gasteiger partial charge in [-0.2, -0.15) is 0 Å². The van der Waals surface area contributed by atoms with Crippen molar-refractivity contribution in [2.45, 2.75) is 6.92 Å².